The molecule has 4 nitrogen and oxygen atoms in total. The molecule has 96 valence electrons. The zero-order valence-corrected chi connectivity index (χ0v) is 11.1. The minimum absolute atomic E-state index is 0.0328. The molecule has 0 spiro atoms. The van der Waals surface area contributed by atoms with Gasteiger partial charge >= 0.3 is 0 Å². The van der Waals surface area contributed by atoms with Crippen LogP contribution in [0.2, 0.25) is 0 Å². The number of nitrogens with zero attached hydrogens (tertiary/aromatic N) is 1. The van der Waals surface area contributed by atoms with Gasteiger partial charge in [0.2, 0.25) is 10.0 Å². The zero-order chi connectivity index (χ0) is 12.9. The summed E-state index contributed by atoms with van der Waals surface area (Å²) in [5.74, 6) is 0.0328. The van der Waals surface area contributed by atoms with Crippen molar-refractivity contribution in [3.05, 3.63) is 29.8 Å². The van der Waals surface area contributed by atoms with Gasteiger partial charge in [-0.15, -0.1) is 0 Å². The molecule has 0 fully saturated rings. The van der Waals surface area contributed by atoms with E-state index in [9.17, 15) is 8.42 Å². The highest BCUT2D eigenvalue weighted by atomic mass is 32.2. The van der Waals surface area contributed by atoms with Crippen LogP contribution in [-0.2, 0) is 16.4 Å². The first-order chi connectivity index (χ1) is 8.06. The minimum atomic E-state index is -3.33. The Labute approximate surface area is 103 Å². The summed E-state index contributed by atoms with van der Waals surface area (Å²) in [5.41, 5.74) is 1.64. The number of rotatable bonds is 6. The molecule has 0 aromatic heterocycles. The number of aliphatic hydroxyl groups excluding tert-OH is 1. The first-order valence-corrected chi connectivity index (χ1v) is 7.36. The molecule has 0 saturated heterocycles. The first-order valence-electron chi connectivity index (χ1n) is 5.76. The second-order valence-corrected chi connectivity index (χ2v) is 5.86. The first kappa shape index (κ1) is 14.0. The summed E-state index contributed by atoms with van der Waals surface area (Å²) < 4.78 is 25.2. The van der Waals surface area contributed by atoms with E-state index in [0.717, 1.165) is 12.0 Å². The van der Waals surface area contributed by atoms with Crippen LogP contribution in [-0.4, -0.2) is 32.4 Å². The number of aryl methyl sites for hydroxylation is 1. The van der Waals surface area contributed by atoms with E-state index >= 15 is 0 Å². The Balaban J connectivity index is 3.23. The van der Waals surface area contributed by atoms with Gasteiger partial charge < -0.3 is 5.11 Å². The van der Waals surface area contributed by atoms with E-state index in [1.165, 1.54) is 4.31 Å². The number of hydrogen-bond acceptors (Lipinski definition) is 3. The third-order valence-corrected chi connectivity index (χ3v) is 4.43. The second kappa shape index (κ2) is 6.02. The molecule has 0 atom stereocenters. The molecule has 1 rings (SSSR count). The molecular formula is C12H19NO3S. The van der Waals surface area contributed by atoms with Gasteiger partial charge in [0.25, 0.3) is 0 Å². The summed E-state index contributed by atoms with van der Waals surface area (Å²) in [6.45, 7) is 3.51. The van der Waals surface area contributed by atoms with Crippen molar-refractivity contribution in [1.82, 2.24) is 0 Å². The normalized spacial score (nSPS) is 11.5. The standard InChI is InChI=1S/C12H19NO3S/c1-3-11-7-5-6-8-12(11)13(9-10-14)17(15,16)4-2/h5-8,14H,3-4,9-10H2,1-2H3. The van der Waals surface area contributed by atoms with Crippen LogP contribution in [0.15, 0.2) is 24.3 Å². The number of hydrogen-bond donors (Lipinski definition) is 1. The van der Waals surface area contributed by atoms with E-state index < -0.39 is 10.0 Å². The Kier molecular flexibility index (Phi) is 4.96. The van der Waals surface area contributed by atoms with Gasteiger partial charge in [-0.1, -0.05) is 25.1 Å². The molecule has 1 aromatic carbocycles. The molecule has 0 heterocycles. The van der Waals surface area contributed by atoms with E-state index in [1.807, 2.05) is 25.1 Å². The maximum absolute atomic E-state index is 12.0. The molecule has 0 amide bonds. The highest BCUT2D eigenvalue weighted by molar-refractivity contribution is 7.92. The summed E-state index contributed by atoms with van der Waals surface area (Å²) in [5, 5.41) is 9.01. The van der Waals surface area contributed by atoms with Crippen molar-refractivity contribution in [2.24, 2.45) is 0 Å². The summed E-state index contributed by atoms with van der Waals surface area (Å²) in [6.07, 6.45) is 0.761. The van der Waals surface area contributed by atoms with Gasteiger partial charge in [-0.3, -0.25) is 4.31 Å². The fraction of sp³-hybridized carbons (Fsp3) is 0.500. The van der Waals surface area contributed by atoms with Crippen molar-refractivity contribution in [2.45, 2.75) is 20.3 Å². The molecule has 0 aliphatic heterocycles. The Bertz CT molecular complexity index is 457. The molecule has 0 bridgehead atoms. The molecule has 0 radical (unpaired) electrons. The molecule has 5 heteroatoms. The maximum Gasteiger partial charge on any atom is 0.234 e. The maximum atomic E-state index is 12.0. The fourth-order valence-corrected chi connectivity index (χ4v) is 2.86. The van der Waals surface area contributed by atoms with Crippen molar-refractivity contribution in [2.75, 3.05) is 23.2 Å². The number of aliphatic hydroxyl groups is 1. The van der Waals surface area contributed by atoms with Crippen LogP contribution >= 0.6 is 0 Å². The lowest BCUT2D eigenvalue weighted by Gasteiger charge is -2.25. The monoisotopic (exact) mass is 257 g/mol. The van der Waals surface area contributed by atoms with E-state index in [4.69, 9.17) is 5.11 Å². The largest absolute Gasteiger partial charge is 0.394 e. The van der Waals surface area contributed by atoms with E-state index in [0.29, 0.717) is 5.69 Å². The van der Waals surface area contributed by atoms with Crippen LogP contribution in [0.5, 0.6) is 0 Å². The average Bonchev–Trinajstić information content (AvgIpc) is 2.35. The molecule has 1 aromatic rings. The lowest BCUT2D eigenvalue weighted by atomic mass is 10.1. The van der Waals surface area contributed by atoms with E-state index in [-0.39, 0.29) is 18.9 Å². The van der Waals surface area contributed by atoms with Crippen LogP contribution in [0.4, 0.5) is 5.69 Å². The van der Waals surface area contributed by atoms with Gasteiger partial charge in [0.05, 0.1) is 24.6 Å². The van der Waals surface area contributed by atoms with Gasteiger partial charge in [0.1, 0.15) is 0 Å². The smallest absolute Gasteiger partial charge is 0.234 e. The fourth-order valence-electron chi connectivity index (χ4n) is 1.71. The predicted molar refractivity (Wildman–Crippen MR) is 69.7 cm³/mol. The van der Waals surface area contributed by atoms with Gasteiger partial charge in [-0.25, -0.2) is 8.42 Å². The van der Waals surface area contributed by atoms with E-state index in [2.05, 4.69) is 0 Å². The Morgan fingerprint density at radius 3 is 2.41 bits per heavy atom. The van der Waals surface area contributed by atoms with Gasteiger partial charge in [-0.2, -0.15) is 0 Å². The van der Waals surface area contributed by atoms with Gasteiger partial charge in [0, 0.05) is 0 Å². The highest BCUT2D eigenvalue weighted by Crippen LogP contribution is 2.23. The highest BCUT2D eigenvalue weighted by Gasteiger charge is 2.21. The topological polar surface area (TPSA) is 57.6 Å². The summed E-state index contributed by atoms with van der Waals surface area (Å²) in [6, 6.07) is 7.38. The van der Waals surface area contributed by atoms with Crippen molar-refractivity contribution < 1.29 is 13.5 Å². The Morgan fingerprint density at radius 1 is 1.24 bits per heavy atom. The molecule has 17 heavy (non-hydrogen) atoms. The van der Waals surface area contributed by atoms with Gasteiger partial charge in [-0.05, 0) is 25.0 Å². The summed E-state index contributed by atoms with van der Waals surface area (Å²) in [7, 11) is -3.33. The lowest BCUT2D eigenvalue weighted by molar-refractivity contribution is 0.306. The van der Waals surface area contributed by atoms with Crippen molar-refractivity contribution >= 4 is 15.7 Å². The SMILES string of the molecule is CCc1ccccc1N(CCO)S(=O)(=O)CC. The van der Waals surface area contributed by atoms with Crippen molar-refractivity contribution in [3.63, 3.8) is 0 Å². The summed E-state index contributed by atoms with van der Waals surface area (Å²) in [4.78, 5) is 0. The van der Waals surface area contributed by atoms with E-state index in [1.54, 1.807) is 13.0 Å². The van der Waals surface area contributed by atoms with Crippen molar-refractivity contribution in [3.8, 4) is 0 Å². The second-order valence-electron chi connectivity index (χ2n) is 3.68. The number of sulfonamides is 1. The molecule has 0 saturated carbocycles. The van der Waals surface area contributed by atoms with Crippen LogP contribution < -0.4 is 4.31 Å². The zero-order valence-electron chi connectivity index (χ0n) is 10.3. The number of anilines is 1. The Morgan fingerprint density at radius 2 is 1.88 bits per heavy atom. The van der Waals surface area contributed by atoms with Crippen LogP contribution in [0, 0.1) is 0 Å². The average molecular weight is 257 g/mol. The van der Waals surface area contributed by atoms with Crippen LogP contribution in [0.3, 0.4) is 0 Å². The molecule has 1 N–H and O–H groups in total. The van der Waals surface area contributed by atoms with Crippen LogP contribution in [0.25, 0.3) is 0 Å². The number of para-hydroxylation sites is 1. The third kappa shape index (κ3) is 3.20. The minimum Gasteiger partial charge on any atom is -0.394 e. The third-order valence-electron chi connectivity index (χ3n) is 2.64. The molecule has 0 aliphatic carbocycles. The van der Waals surface area contributed by atoms with Gasteiger partial charge in [0.15, 0.2) is 0 Å². The van der Waals surface area contributed by atoms with Crippen molar-refractivity contribution in [1.29, 1.82) is 0 Å². The molecule has 0 unspecified atom stereocenters. The Hall–Kier alpha value is -1.07. The molecular weight excluding hydrogens is 238 g/mol. The predicted octanol–water partition coefficient (Wildman–Crippen LogP) is 1.40. The lowest BCUT2D eigenvalue weighted by Crippen LogP contribution is -2.35. The summed E-state index contributed by atoms with van der Waals surface area (Å²) >= 11 is 0. The molecule has 0 aliphatic rings. The van der Waals surface area contributed by atoms with Crippen LogP contribution in [0.1, 0.15) is 19.4 Å². The number of benzene rings is 1. The quantitative estimate of drug-likeness (QED) is 0.838.